The predicted octanol–water partition coefficient (Wildman–Crippen LogP) is 2.89. The predicted molar refractivity (Wildman–Crippen MR) is 85.4 cm³/mol. The van der Waals surface area contributed by atoms with E-state index in [1.165, 1.54) is 10.8 Å². The van der Waals surface area contributed by atoms with Crippen molar-refractivity contribution >= 4 is 17.4 Å². The summed E-state index contributed by atoms with van der Waals surface area (Å²) in [7, 11) is 0. The zero-order valence-electron chi connectivity index (χ0n) is 12.8. The van der Waals surface area contributed by atoms with Crippen LogP contribution in [-0.4, -0.2) is 32.3 Å². The van der Waals surface area contributed by atoms with E-state index in [1.807, 2.05) is 19.1 Å². The molecule has 0 aliphatic heterocycles. The summed E-state index contributed by atoms with van der Waals surface area (Å²) in [5, 5.41) is 21.6. The van der Waals surface area contributed by atoms with Crippen LogP contribution in [0.1, 0.15) is 24.4 Å². The molecule has 0 bridgehead atoms. The summed E-state index contributed by atoms with van der Waals surface area (Å²) in [6.45, 7) is 3.62. The Morgan fingerprint density at radius 2 is 2.09 bits per heavy atom. The molecule has 0 amide bonds. The van der Waals surface area contributed by atoms with Crippen LogP contribution >= 0.6 is 11.6 Å². The molecular formula is C15H18ClN3O4. The van der Waals surface area contributed by atoms with E-state index in [-0.39, 0.29) is 25.1 Å². The Morgan fingerprint density at radius 3 is 2.70 bits per heavy atom. The molecule has 0 saturated heterocycles. The molecule has 0 radical (unpaired) electrons. The van der Waals surface area contributed by atoms with Crippen molar-refractivity contribution in [2.45, 2.75) is 32.6 Å². The molecular weight excluding hydrogens is 322 g/mol. The van der Waals surface area contributed by atoms with Gasteiger partial charge in [-0.05, 0) is 29.5 Å². The van der Waals surface area contributed by atoms with Gasteiger partial charge in [-0.15, -0.1) is 0 Å². The van der Waals surface area contributed by atoms with Gasteiger partial charge in [0.15, 0.2) is 5.82 Å². The second-order valence-corrected chi connectivity index (χ2v) is 5.65. The molecule has 8 heteroatoms. The Hall–Kier alpha value is -1.96. The van der Waals surface area contributed by atoms with Crippen molar-refractivity contribution in [3.8, 4) is 0 Å². The number of nitrogens with zero attached hydrogens (tertiary/aromatic N) is 3. The number of hydrogen-bond acceptors (Lipinski definition) is 5. The van der Waals surface area contributed by atoms with Crippen LogP contribution in [0.5, 0.6) is 0 Å². The summed E-state index contributed by atoms with van der Waals surface area (Å²) in [4.78, 5) is 14.3. The normalized spacial score (nSPS) is 13.7. The molecule has 0 saturated carbocycles. The number of imidazole rings is 1. The highest BCUT2D eigenvalue weighted by atomic mass is 35.5. The van der Waals surface area contributed by atoms with E-state index in [0.29, 0.717) is 10.8 Å². The van der Waals surface area contributed by atoms with Crippen LogP contribution in [0.3, 0.4) is 0 Å². The monoisotopic (exact) mass is 339 g/mol. The SMILES string of the molecule is Cc1ncc([N+](=O)[O-])n1CC(O)COC(C)c1ccc(Cl)cc1. The first kappa shape index (κ1) is 17.4. The third-order valence-electron chi connectivity index (χ3n) is 3.49. The fourth-order valence-corrected chi connectivity index (χ4v) is 2.30. The standard InChI is InChI=1S/C15H18ClN3O4/c1-10(12-3-5-13(16)6-4-12)23-9-14(20)8-18-11(2)17-7-15(18)19(21)22/h3-7,10,14,20H,8-9H2,1-2H3. The molecule has 0 aliphatic rings. The third-order valence-corrected chi connectivity index (χ3v) is 3.74. The zero-order valence-corrected chi connectivity index (χ0v) is 13.6. The van der Waals surface area contributed by atoms with E-state index >= 15 is 0 Å². The maximum Gasteiger partial charge on any atom is 0.342 e. The molecule has 2 aromatic rings. The quantitative estimate of drug-likeness (QED) is 0.618. The Bertz CT molecular complexity index is 672. The number of aryl methyl sites for hydroxylation is 1. The smallest absolute Gasteiger partial charge is 0.342 e. The first-order chi connectivity index (χ1) is 10.9. The number of aliphatic hydroxyl groups is 1. The highest BCUT2D eigenvalue weighted by molar-refractivity contribution is 6.30. The van der Waals surface area contributed by atoms with Crippen LogP contribution in [0.2, 0.25) is 5.02 Å². The van der Waals surface area contributed by atoms with Gasteiger partial charge in [-0.25, -0.2) is 9.55 Å². The van der Waals surface area contributed by atoms with E-state index in [4.69, 9.17) is 16.3 Å². The minimum atomic E-state index is -0.878. The lowest BCUT2D eigenvalue weighted by Crippen LogP contribution is -2.24. The first-order valence-corrected chi connectivity index (χ1v) is 7.48. The number of halogens is 1. The molecule has 7 nitrogen and oxygen atoms in total. The molecule has 124 valence electrons. The maximum atomic E-state index is 10.9. The van der Waals surface area contributed by atoms with Gasteiger partial charge < -0.3 is 20.0 Å². The molecule has 2 rings (SSSR count). The second-order valence-electron chi connectivity index (χ2n) is 5.21. The van der Waals surface area contributed by atoms with Crippen molar-refractivity contribution in [3.63, 3.8) is 0 Å². The Balaban J connectivity index is 1.92. The average Bonchev–Trinajstić information content (AvgIpc) is 2.87. The summed E-state index contributed by atoms with van der Waals surface area (Å²) in [5.74, 6) is 0.328. The van der Waals surface area contributed by atoms with Crippen LogP contribution < -0.4 is 0 Å². The first-order valence-electron chi connectivity index (χ1n) is 7.10. The van der Waals surface area contributed by atoms with E-state index in [0.717, 1.165) is 5.56 Å². The number of hydrogen-bond donors (Lipinski definition) is 1. The number of nitro groups is 1. The third kappa shape index (κ3) is 4.51. The van der Waals surface area contributed by atoms with Crippen molar-refractivity contribution in [1.82, 2.24) is 9.55 Å². The van der Waals surface area contributed by atoms with Crippen molar-refractivity contribution < 1.29 is 14.8 Å². The molecule has 2 unspecified atom stereocenters. The minimum absolute atomic E-state index is 0.0511. The number of ether oxygens (including phenoxy) is 1. The Labute approximate surface area is 138 Å². The molecule has 1 aromatic carbocycles. The van der Waals surface area contributed by atoms with Gasteiger partial charge in [0.25, 0.3) is 0 Å². The molecule has 1 aromatic heterocycles. The summed E-state index contributed by atoms with van der Waals surface area (Å²) in [5.41, 5.74) is 0.936. The van der Waals surface area contributed by atoms with Gasteiger partial charge in [-0.2, -0.15) is 0 Å². The van der Waals surface area contributed by atoms with Gasteiger partial charge in [0.05, 0.1) is 12.7 Å². The maximum absolute atomic E-state index is 10.9. The minimum Gasteiger partial charge on any atom is -0.387 e. The van der Waals surface area contributed by atoms with E-state index < -0.39 is 11.0 Å². The van der Waals surface area contributed by atoms with Crippen LogP contribution in [-0.2, 0) is 11.3 Å². The summed E-state index contributed by atoms with van der Waals surface area (Å²) >= 11 is 5.83. The van der Waals surface area contributed by atoms with Crippen LogP contribution in [0.15, 0.2) is 30.5 Å². The number of benzene rings is 1. The van der Waals surface area contributed by atoms with Gasteiger partial charge in [-0.3, -0.25) is 0 Å². The largest absolute Gasteiger partial charge is 0.387 e. The fourth-order valence-electron chi connectivity index (χ4n) is 2.18. The van der Waals surface area contributed by atoms with Crippen molar-refractivity contribution in [1.29, 1.82) is 0 Å². The van der Waals surface area contributed by atoms with Crippen LogP contribution in [0, 0.1) is 17.0 Å². The summed E-state index contributed by atoms with van der Waals surface area (Å²) in [6, 6.07) is 7.24. The van der Waals surface area contributed by atoms with E-state index in [2.05, 4.69) is 4.98 Å². The lowest BCUT2D eigenvalue weighted by molar-refractivity contribution is -0.392. The van der Waals surface area contributed by atoms with Gasteiger partial charge in [0.1, 0.15) is 18.8 Å². The Morgan fingerprint density at radius 1 is 1.43 bits per heavy atom. The molecule has 0 fully saturated rings. The summed E-state index contributed by atoms with van der Waals surface area (Å²) in [6.07, 6.45) is 0.0799. The van der Waals surface area contributed by atoms with Gasteiger partial charge >= 0.3 is 5.82 Å². The number of rotatable bonds is 7. The lowest BCUT2D eigenvalue weighted by atomic mass is 10.1. The molecule has 0 aliphatic carbocycles. The lowest BCUT2D eigenvalue weighted by Gasteiger charge is -2.16. The number of aliphatic hydroxyl groups excluding tert-OH is 1. The summed E-state index contributed by atoms with van der Waals surface area (Å²) < 4.78 is 6.98. The van der Waals surface area contributed by atoms with Gasteiger partial charge in [0.2, 0.25) is 0 Å². The number of aromatic nitrogens is 2. The van der Waals surface area contributed by atoms with E-state index in [1.54, 1.807) is 19.1 Å². The highest BCUT2D eigenvalue weighted by Crippen LogP contribution is 2.20. The topological polar surface area (TPSA) is 90.4 Å². The van der Waals surface area contributed by atoms with Crippen molar-refractivity contribution in [3.05, 3.63) is 57.0 Å². The molecule has 1 N–H and O–H groups in total. The van der Waals surface area contributed by atoms with E-state index in [9.17, 15) is 15.2 Å². The van der Waals surface area contributed by atoms with Crippen LogP contribution in [0.4, 0.5) is 5.82 Å². The van der Waals surface area contributed by atoms with Crippen LogP contribution in [0.25, 0.3) is 0 Å². The zero-order chi connectivity index (χ0) is 17.0. The molecule has 1 heterocycles. The average molecular weight is 340 g/mol. The molecule has 0 spiro atoms. The highest BCUT2D eigenvalue weighted by Gasteiger charge is 2.21. The van der Waals surface area contributed by atoms with Crippen molar-refractivity contribution in [2.24, 2.45) is 0 Å². The molecule has 2 atom stereocenters. The van der Waals surface area contributed by atoms with Gasteiger partial charge in [-0.1, -0.05) is 23.7 Å². The van der Waals surface area contributed by atoms with Crippen molar-refractivity contribution in [2.75, 3.05) is 6.61 Å². The fraction of sp³-hybridized carbons (Fsp3) is 0.400. The molecule has 23 heavy (non-hydrogen) atoms. The second kappa shape index (κ2) is 7.54. The van der Waals surface area contributed by atoms with Gasteiger partial charge in [0, 0.05) is 11.9 Å². The Kier molecular flexibility index (Phi) is 5.70.